The highest BCUT2D eigenvalue weighted by Gasteiger charge is 2.56. The molecule has 108 valence electrons. The van der Waals surface area contributed by atoms with Crippen LogP contribution >= 0.6 is 0 Å². The van der Waals surface area contributed by atoms with E-state index in [4.69, 9.17) is 0 Å². The number of rotatable bonds is 3. The highest BCUT2D eigenvalue weighted by Crippen LogP contribution is 2.59. The summed E-state index contributed by atoms with van der Waals surface area (Å²) in [6.07, 6.45) is 5.82. The largest absolute Gasteiger partial charge is 0.317 e. The molecule has 21 heavy (non-hydrogen) atoms. The van der Waals surface area contributed by atoms with Crippen molar-refractivity contribution in [3.05, 3.63) is 42.1 Å². The topological polar surface area (TPSA) is 42.0 Å². The van der Waals surface area contributed by atoms with Gasteiger partial charge in [0.05, 0.1) is 5.52 Å². The number of hydrogen-bond acceptors (Lipinski definition) is 3. The second kappa shape index (κ2) is 4.92. The van der Waals surface area contributed by atoms with Crippen LogP contribution in [0.1, 0.15) is 24.8 Å². The van der Waals surface area contributed by atoms with Crippen LogP contribution in [0.15, 0.2) is 36.5 Å². The molecule has 1 unspecified atom stereocenters. The van der Waals surface area contributed by atoms with Crippen molar-refractivity contribution >= 4 is 16.7 Å². The van der Waals surface area contributed by atoms with Crippen LogP contribution in [-0.4, -0.2) is 23.9 Å². The van der Waals surface area contributed by atoms with Crippen LogP contribution in [0.3, 0.4) is 0 Å². The highest BCUT2D eigenvalue weighted by molar-refractivity contribution is 5.91. The number of piperidine rings is 1. The molecule has 0 amide bonds. The molecule has 2 heterocycles. The Morgan fingerprint density at radius 2 is 2.05 bits per heavy atom. The second-order valence-corrected chi connectivity index (χ2v) is 6.50. The molecular weight excluding hydrogens is 260 g/mol. The lowest BCUT2D eigenvalue weighted by Gasteiger charge is -2.23. The third kappa shape index (κ3) is 2.26. The number of fused-ring (bicyclic) bond motifs is 1. The maximum absolute atomic E-state index is 12.7. The molecule has 1 aromatic heterocycles. The molecular formula is C18H20N2O. The first-order chi connectivity index (χ1) is 10.3. The highest BCUT2D eigenvalue weighted by atomic mass is 16.1. The number of aromatic nitrogens is 1. The molecule has 2 aromatic rings. The Hall–Kier alpha value is -1.74. The Morgan fingerprint density at radius 3 is 2.90 bits per heavy atom. The van der Waals surface area contributed by atoms with Crippen LogP contribution in [0.2, 0.25) is 0 Å². The summed E-state index contributed by atoms with van der Waals surface area (Å²) in [7, 11) is 0. The van der Waals surface area contributed by atoms with Crippen LogP contribution < -0.4 is 5.32 Å². The molecule has 1 aromatic carbocycles. The van der Waals surface area contributed by atoms with Crippen LogP contribution in [0.4, 0.5) is 0 Å². The van der Waals surface area contributed by atoms with E-state index in [9.17, 15) is 4.79 Å². The lowest BCUT2D eigenvalue weighted by molar-refractivity contribution is -0.120. The summed E-state index contributed by atoms with van der Waals surface area (Å²) in [4.78, 5) is 17.0. The molecule has 1 saturated carbocycles. The van der Waals surface area contributed by atoms with Gasteiger partial charge < -0.3 is 5.32 Å². The van der Waals surface area contributed by atoms with Crippen LogP contribution in [0.5, 0.6) is 0 Å². The molecule has 3 heteroatoms. The molecule has 1 N–H and O–H groups in total. The van der Waals surface area contributed by atoms with Crippen molar-refractivity contribution < 1.29 is 4.79 Å². The van der Waals surface area contributed by atoms with E-state index in [-0.39, 0.29) is 0 Å². The Morgan fingerprint density at radius 1 is 1.24 bits per heavy atom. The van der Waals surface area contributed by atoms with E-state index in [0.717, 1.165) is 36.0 Å². The standard InChI is InChI=1S/C18H20N2O/c21-17(15-12-18(15)6-9-19-10-7-18)11-13-5-8-20-16-4-2-1-3-14(13)16/h1-5,8,15,19H,6-7,9-12H2. The van der Waals surface area contributed by atoms with Crippen molar-refractivity contribution in [3.63, 3.8) is 0 Å². The predicted molar refractivity (Wildman–Crippen MR) is 83.1 cm³/mol. The minimum atomic E-state index is 0.298. The quantitative estimate of drug-likeness (QED) is 0.940. The SMILES string of the molecule is O=C(Cc1ccnc2ccccc12)C1CC12CCNCC2. The summed E-state index contributed by atoms with van der Waals surface area (Å²) >= 11 is 0. The minimum absolute atomic E-state index is 0.298. The van der Waals surface area contributed by atoms with Gasteiger partial charge in [-0.3, -0.25) is 9.78 Å². The number of carbonyl (C=O) groups excluding carboxylic acids is 1. The number of hydrogen-bond donors (Lipinski definition) is 1. The summed E-state index contributed by atoms with van der Waals surface area (Å²) < 4.78 is 0. The summed E-state index contributed by atoms with van der Waals surface area (Å²) in [5.41, 5.74) is 2.45. The van der Waals surface area contributed by atoms with Crippen molar-refractivity contribution in [1.29, 1.82) is 0 Å². The fraction of sp³-hybridized carbons (Fsp3) is 0.444. The molecule has 1 saturated heterocycles. The van der Waals surface area contributed by atoms with E-state index >= 15 is 0 Å². The van der Waals surface area contributed by atoms with E-state index in [0.29, 0.717) is 23.5 Å². The minimum Gasteiger partial charge on any atom is -0.317 e. The second-order valence-electron chi connectivity index (χ2n) is 6.50. The smallest absolute Gasteiger partial charge is 0.140 e. The van der Waals surface area contributed by atoms with Gasteiger partial charge in [-0.15, -0.1) is 0 Å². The van der Waals surface area contributed by atoms with Crippen LogP contribution in [-0.2, 0) is 11.2 Å². The van der Waals surface area contributed by atoms with Gasteiger partial charge in [-0.2, -0.15) is 0 Å². The lowest BCUT2D eigenvalue weighted by Crippen LogP contribution is -2.31. The number of carbonyl (C=O) groups is 1. The number of para-hydroxylation sites is 1. The Balaban J connectivity index is 1.54. The van der Waals surface area contributed by atoms with Crippen LogP contribution in [0.25, 0.3) is 10.9 Å². The van der Waals surface area contributed by atoms with Crippen molar-refractivity contribution in [3.8, 4) is 0 Å². The fourth-order valence-corrected chi connectivity index (χ4v) is 3.90. The predicted octanol–water partition coefficient (Wildman–Crippen LogP) is 2.74. The number of nitrogens with zero attached hydrogens (tertiary/aromatic N) is 1. The molecule has 4 rings (SSSR count). The number of pyridine rings is 1. The lowest BCUT2D eigenvalue weighted by atomic mass is 9.89. The van der Waals surface area contributed by atoms with E-state index < -0.39 is 0 Å². The molecule has 1 aliphatic heterocycles. The van der Waals surface area contributed by atoms with E-state index in [1.807, 2.05) is 30.5 Å². The van der Waals surface area contributed by atoms with Crippen molar-refractivity contribution in [2.75, 3.05) is 13.1 Å². The Kier molecular flexibility index (Phi) is 3.03. The molecule has 2 fully saturated rings. The van der Waals surface area contributed by atoms with E-state index in [1.54, 1.807) is 0 Å². The summed E-state index contributed by atoms with van der Waals surface area (Å²) in [6.45, 7) is 2.14. The first kappa shape index (κ1) is 13.0. The molecule has 1 atom stereocenters. The van der Waals surface area contributed by atoms with Crippen LogP contribution in [0, 0.1) is 11.3 Å². The Bertz CT molecular complexity index is 683. The summed E-state index contributed by atoms with van der Waals surface area (Å²) in [5, 5.41) is 4.51. The monoisotopic (exact) mass is 280 g/mol. The van der Waals surface area contributed by atoms with E-state index in [1.165, 1.54) is 12.8 Å². The van der Waals surface area contributed by atoms with Gasteiger partial charge in [0.1, 0.15) is 5.78 Å². The van der Waals surface area contributed by atoms with Crippen molar-refractivity contribution in [2.24, 2.45) is 11.3 Å². The molecule has 2 aliphatic rings. The number of nitrogens with one attached hydrogen (secondary N) is 1. The van der Waals surface area contributed by atoms with Gasteiger partial charge in [0, 0.05) is 23.9 Å². The first-order valence-corrected chi connectivity index (χ1v) is 7.85. The average Bonchev–Trinajstić information content (AvgIpc) is 3.22. The Labute approximate surface area is 124 Å². The van der Waals surface area contributed by atoms with Gasteiger partial charge in [-0.25, -0.2) is 0 Å². The molecule has 3 nitrogen and oxygen atoms in total. The normalized spacial score (nSPS) is 23.3. The van der Waals surface area contributed by atoms with E-state index in [2.05, 4.69) is 16.4 Å². The molecule has 0 bridgehead atoms. The molecule has 0 radical (unpaired) electrons. The van der Waals surface area contributed by atoms with Gasteiger partial charge in [0.2, 0.25) is 0 Å². The number of ketones is 1. The van der Waals surface area contributed by atoms with Gasteiger partial charge in [-0.05, 0) is 55.5 Å². The number of benzene rings is 1. The zero-order valence-electron chi connectivity index (χ0n) is 12.1. The fourth-order valence-electron chi connectivity index (χ4n) is 3.90. The molecule has 1 spiro atoms. The third-order valence-corrected chi connectivity index (χ3v) is 5.28. The molecule has 1 aliphatic carbocycles. The third-order valence-electron chi connectivity index (χ3n) is 5.28. The average molecular weight is 280 g/mol. The van der Waals surface area contributed by atoms with Crippen molar-refractivity contribution in [1.82, 2.24) is 10.3 Å². The maximum atomic E-state index is 12.7. The van der Waals surface area contributed by atoms with Gasteiger partial charge >= 0.3 is 0 Å². The summed E-state index contributed by atoms with van der Waals surface area (Å²) in [5.74, 6) is 0.722. The first-order valence-electron chi connectivity index (χ1n) is 7.85. The zero-order valence-corrected chi connectivity index (χ0v) is 12.1. The van der Waals surface area contributed by atoms with Gasteiger partial charge in [0.15, 0.2) is 0 Å². The summed E-state index contributed by atoms with van der Waals surface area (Å²) in [6, 6.07) is 10.1. The van der Waals surface area contributed by atoms with Gasteiger partial charge in [-0.1, -0.05) is 18.2 Å². The number of Topliss-reactive ketones (excluding diaryl/α,β-unsaturated/α-hetero) is 1. The van der Waals surface area contributed by atoms with Crippen molar-refractivity contribution in [2.45, 2.75) is 25.7 Å². The maximum Gasteiger partial charge on any atom is 0.140 e. The zero-order chi connectivity index (χ0) is 14.3. The van der Waals surface area contributed by atoms with Gasteiger partial charge in [0.25, 0.3) is 0 Å².